The minimum atomic E-state index is -4.65. The van der Waals surface area contributed by atoms with Crippen LogP contribution in [0.15, 0.2) is 24.3 Å². The van der Waals surface area contributed by atoms with Crippen LogP contribution >= 0.6 is 0 Å². The molecule has 11 heteroatoms. The van der Waals surface area contributed by atoms with Crippen molar-refractivity contribution < 1.29 is 31.1 Å². The number of hydrogen-bond donors (Lipinski definition) is 2. The van der Waals surface area contributed by atoms with E-state index in [2.05, 4.69) is 5.10 Å². The number of nitrogens with zero attached hydrogens (tertiary/aromatic N) is 2. The predicted octanol–water partition coefficient (Wildman–Crippen LogP) is 3.30. The number of anilines is 1. The van der Waals surface area contributed by atoms with Gasteiger partial charge in [0.25, 0.3) is 5.91 Å². The minimum Gasteiger partial charge on any atom is -0.383 e. The minimum absolute atomic E-state index is 0.307. The van der Waals surface area contributed by atoms with Gasteiger partial charge < -0.3 is 11.5 Å². The molecular weight excluding hydrogens is 366 g/mol. The van der Waals surface area contributed by atoms with Gasteiger partial charge >= 0.3 is 12.4 Å². The fourth-order valence-corrected chi connectivity index (χ4v) is 2.47. The first-order valence-electron chi connectivity index (χ1n) is 7.22. The van der Waals surface area contributed by atoms with Gasteiger partial charge in [0, 0.05) is 0 Å². The number of halogens is 6. The van der Waals surface area contributed by atoms with E-state index in [1.807, 2.05) is 0 Å². The molecule has 1 amide bonds. The predicted molar refractivity (Wildman–Crippen MR) is 80.2 cm³/mol. The number of amides is 1. The number of rotatable bonds is 4. The lowest BCUT2D eigenvalue weighted by Gasteiger charge is -2.15. The van der Waals surface area contributed by atoms with Crippen LogP contribution in [0.1, 0.15) is 40.1 Å². The van der Waals surface area contributed by atoms with Crippen LogP contribution in [0.25, 0.3) is 0 Å². The van der Waals surface area contributed by atoms with E-state index >= 15 is 0 Å². The van der Waals surface area contributed by atoms with Gasteiger partial charge in [0.05, 0.1) is 23.7 Å². The Labute approximate surface area is 143 Å². The van der Waals surface area contributed by atoms with E-state index in [1.165, 1.54) is 6.92 Å². The number of nitrogens with two attached hydrogens (primary N) is 2. The second kappa shape index (κ2) is 6.54. The number of aromatic nitrogens is 2. The van der Waals surface area contributed by atoms with E-state index in [0.717, 1.165) is 28.9 Å². The molecular formula is C15H14F6N4O. The number of benzene rings is 1. The molecule has 0 fully saturated rings. The summed E-state index contributed by atoms with van der Waals surface area (Å²) >= 11 is 0. The molecule has 2 aromatic rings. The van der Waals surface area contributed by atoms with Gasteiger partial charge in [0.1, 0.15) is 11.4 Å². The van der Waals surface area contributed by atoms with Crippen molar-refractivity contribution in [2.45, 2.75) is 31.7 Å². The molecule has 1 aromatic carbocycles. The average Bonchev–Trinajstić information content (AvgIpc) is 2.80. The van der Waals surface area contributed by atoms with Crippen molar-refractivity contribution in [1.82, 2.24) is 9.78 Å². The first-order chi connectivity index (χ1) is 11.8. The number of hydrogen-bond acceptors (Lipinski definition) is 3. The van der Waals surface area contributed by atoms with Crippen LogP contribution in [-0.4, -0.2) is 21.9 Å². The molecule has 0 aliphatic heterocycles. The quantitative estimate of drug-likeness (QED) is 0.798. The number of primary amides is 1. The fraction of sp³-hybridized carbons (Fsp3) is 0.333. The van der Waals surface area contributed by atoms with Crippen LogP contribution in [0.4, 0.5) is 32.2 Å². The number of carbonyl (C=O) groups is 1. The zero-order chi connectivity index (χ0) is 19.9. The summed E-state index contributed by atoms with van der Waals surface area (Å²) in [5.74, 6) is -1.56. The highest BCUT2D eigenvalue weighted by molar-refractivity contribution is 5.98. The molecule has 0 saturated carbocycles. The first-order valence-corrected chi connectivity index (χ1v) is 7.22. The van der Waals surface area contributed by atoms with Crippen molar-refractivity contribution >= 4 is 11.7 Å². The zero-order valence-corrected chi connectivity index (χ0v) is 13.3. The van der Waals surface area contributed by atoms with Crippen molar-refractivity contribution in [3.63, 3.8) is 0 Å². The molecule has 4 N–H and O–H groups in total. The molecule has 142 valence electrons. The summed E-state index contributed by atoms with van der Waals surface area (Å²) in [6.45, 7) is 1.47. The monoisotopic (exact) mass is 380 g/mol. The maximum atomic E-state index is 12.7. The van der Waals surface area contributed by atoms with Gasteiger partial charge in [-0.1, -0.05) is 12.1 Å². The summed E-state index contributed by atoms with van der Waals surface area (Å²) in [6, 6.07) is 3.15. The van der Waals surface area contributed by atoms with Crippen molar-refractivity contribution in [3.05, 3.63) is 46.6 Å². The molecule has 0 bridgehead atoms. The summed E-state index contributed by atoms with van der Waals surface area (Å²) in [7, 11) is 0. The fourth-order valence-electron chi connectivity index (χ4n) is 2.47. The molecule has 1 unspecified atom stereocenters. The topological polar surface area (TPSA) is 86.9 Å². The van der Waals surface area contributed by atoms with Gasteiger partial charge in [-0.15, -0.1) is 0 Å². The second-order valence-electron chi connectivity index (χ2n) is 5.60. The van der Waals surface area contributed by atoms with Gasteiger partial charge in [-0.3, -0.25) is 4.79 Å². The third-order valence-corrected chi connectivity index (χ3v) is 3.72. The Morgan fingerprint density at radius 1 is 1.15 bits per heavy atom. The molecule has 26 heavy (non-hydrogen) atoms. The molecule has 1 atom stereocenters. The van der Waals surface area contributed by atoms with Crippen LogP contribution in [0, 0.1) is 0 Å². The summed E-state index contributed by atoms with van der Waals surface area (Å²) < 4.78 is 76.8. The lowest BCUT2D eigenvalue weighted by atomic mass is 10.1. The van der Waals surface area contributed by atoms with Gasteiger partial charge in [-0.2, -0.15) is 31.4 Å². The van der Waals surface area contributed by atoms with E-state index < -0.39 is 47.5 Å². The van der Waals surface area contributed by atoms with Gasteiger partial charge in [0.2, 0.25) is 0 Å². The SMILES string of the molecule is CC(c1ccc(C(F)(F)F)cc1)n1nc(CC(F)(F)F)c(C(N)=O)c1N. The van der Waals surface area contributed by atoms with Crippen LogP contribution in [0.5, 0.6) is 0 Å². The molecule has 0 saturated heterocycles. The van der Waals surface area contributed by atoms with Crippen molar-refractivity contribution in [1.29, 1.82) is 0 Å². The first kappa shape index (κ1) is 19.6. The van der Waals surface area contributed by atoms with Crippen molar-refractivity contribution in [2.75, 3.05) is 5.73 Å². The largest absolute Gasteiger partial charge is 0.416 e. The molecule has 0 aliphatic carbocycles. The van der Waals surface area contributed by atoms with Crippen molar-refractivity contribution in [2.24, 2.45) is 5.73 Å². The average molecular weight is 380 g/mol. The molecule has 0 aliphatic rings. The number of carbonyl (C=O) groups excluding carboxylic acids is 1. The Morgan fingerprint density at radius 2 is 1.69 bits per heavy atom. The Balaban J connectivity index is 2.44. The van der Waals surface area contributed by atoms with E-state index in [4.69, 9.17) is 11.5 Å². The Kier molecular flexibility index (Phi) is 4.93. The normalized spacial score (nSPS) is 13.7. The Morgan fingerprint density at radius 3 is 2.12 bits per heavy atom. The summed E-state index contributed by atoms with van der Waals surface area (Å²) in [4.78, 5) is 11.5. The van der Waals surface area contributed by atoms with Gasteiger partial charge in [0.15, 0.2) is 0 Å². The molecule has 1 heterocycles. The summed E-state index contributed by atoms with van der Waals surface area (Å²) in [5.41, 5.74) is 9.04. The standard InChI is InChI=1S/C15H14F6N4O/c1-7(8-2-4-9(5-3-8)15(19,20)21)25-12(22)11(13(23)26)10(24-25)6-14(16,17)18/h2-5,7H,6,22H2,1H3,(H2,23,26). The highest BCUT2D eigenvalue weighted by Gasteiger charge is 2.34. The van der Waals surface area contributed by atoms with E-state index in [0.29, 0.717) is 5.56 Å². The summed E-state index contributed by atoms with van der Waals surface area (Å²) in [6.07, 6.45) is -10.7. The highest BCUT2D eigenvalue weighted by atomic mass is 19.4. The highest BCUT2D eigenvalue weighted by Crippen LogP contribution is 2.32. The van der Waals surface area contributed by atoms with Crippen LogP contribution < -0.4 is 11.5 Å². The van der Waals surface area contributed by atoms with Gasteiger partial charge in [-0.05, 0) is 24.6 Å². The van der Waals surface area contributed by atoms with Crippen LogP contribution in [0.3, 0.4) is 0 Å². The third kappa shape index (κ3) is 4.09. The Hall–Kier alpha value is -2.72. The van der Waals surface area contributed by atoms with Crippen molar-refractivity contribution in [3.8, 4) is 0 Å². The Bertz CT molecular complexity index is 807. The van der Waals surface area contributed by atoms with Crippen LogP contribution in [0.2, 0.25) is 0 Å². The second-order valence-corrected chi connectivity index (χ2v) is 5.60. The number of nitrogen functional groups attached to an aromatic ring is 1. The van der Waals surface area contributed by atoms with Crippen LogP contribution in [-0.2, 0) is 12.6 Å². The summed E-state index contributed by atoms with van der Waals surface area (Å²) in [5, 5.41) is 3.71. The molecule has 2 rings (SSSR count). The molecule has 1 aromatic heterocycles. The van der Waals surface area contributed by atoms with Gasteiger partial charge in [-0.25, -0.2) is 4.68 Å². The maximum Gasteiger partial charge on any atom is 0.416 e. The molecule has 5 nitrogen and oxygen atoms in total. The zero-order valence-electron chi connectivity index (χ0n) is 13.3. The number of alkyl halides is 6. The smallest absolute Gasteiger partial charge is 0.383 e. The van der Waals surface area contributed by atoms with E-state index in [9.17, 15) is 31.1 Å². The van der Waals surface area contributed by atoms with E-state index in [-0.39, 0.29) is 5.82 Å². The molecule has 0 radical (unpaired) electrons. The lowest BCUT2D eigenvalue weighted by molar-refractivity contribution is -0.137. The lowest BCUT2D eigenvalue weighted by Crippen LogP contribution is -2.19. The molecule has 0 spiro atoms. The van der Waals surface area contributed by atoms with E-state index in [1.54, 1.807) is 0 Å². The third-order valence-electron chi connectivity index (χ3n) is 3.72. The maximum absolute atomic E-state index is 12.7.